The number of H-pyrrole nitrogens is 1. The third-order valence-electron chi connectivity index (χ3n) is 10.3. The number of carbonyl (C=O) groups excluding carboxylic acids is 2. The molecule has 0 atom stereocenters. The fourth-order valence-corrected chi connectivity index (χ4v) is 7.49. The van der Waals surface area contributed by atoms with E-state index in [-0.39, 0.29) is 40.8 Å². The third-order valence-corrected chi connectivity index (χ3v) is 10.3. The highest BCUT2D eigenvalue weighted by Gasteiger charge is 2.39. The molecule has 2 aromatic heterocycles. The Morgan fingerprint density at radius 3 is 2.42 bits per heavy atom. The van der Waals surface area contributed by atoms with Gasteiger partial charge in [-0.15, -0.1) is 0 Å². The van der Waals surface area contributed by atoms with Crippen LogP contribution in [-0.4, -0.2) is 70.1 Å². The van der Waals surface area contributed by atoms with Crippen LogP contribution < -0.4 is 16.1 Å². The highest BCUT2D eigenvalue weighted by Crippen LogP contribution is 2.42. The topological polar surface area (TPSA) is 120 Å². The molecule has 0 aliphatic carbocycles. The molecule has 1 N–H and O–H groups in total. The van der Waals surface area contributed by atoms with Crippen LogP contribution in [0.2, 0.25) is 0 Å². The van der Waals surface area contributed by atoms with E-state index < -0.39 is 34.6 Å². The summed E-state index contributed by atoms with van der Waals surface area (Å²) in [5, 5.41) is 7.66. The van der Waals surface area contributed by atoms with Gasteiger partial charge in [0, 0.05) is 67.5 Å². The first-order chi connectivity index (χ1) is 25.2. The maximum atomic E-state index is 15.0. The van der Waals surface area contributed by atoms with Crippen molar-refractivity contribution in [3.63, 3.8) is 0 Å². The highest BCUT2D eigenvalue weighted by atomic mass is 19.4. The van der Waals surface area contributed by atoms with Crippen LogP contribution in [0, 0.1) is 5.82 Å². The van der Waals surface area contributed by atoms with E-state index in [1.807, 2.05) is 19.9 Å². The van der Waals surface area contributed by atoms with E-state index in [2.05, 4.69) is 15.1 Å². The van der Waals surface area contributed by atoms with Crippen LogP contribution >= 0.6 is 0 Å². The monoisotopic (exact) mass is 731 g/mol. The van der Waals surface area contributed by atoms with Crippen LogP contribution in [0.15, 0.2) is 74.7 Å². The molecule has 2 aliphatic heterocycles. The number of aryl methyl sites for hydroxylation is 1. The predicted molar refractivity (Wildman–Crippen MR) is 191 cm³/mol. The zero-order valence-corrected chi connectivity index (χ0v) is 29.2. The molecule has 5 aromatic rings. The van der Waals surface area contributed by atoms with Gasteiger partial charge in [0.05, 0.1) is 27.9 Å². The molecule has 14 heteroatoms. The lowest BCUT2D eigenvalue weighted by Gasteiger charge is -2.44. The molecule has 10 nitrogen and oxygen atoms in total. The van der Waals surface area contributed by atoms with Gasteiger partial charge in [-0.2, -0.15) is 18.3 Å². The van der Waals surface area contributed by atoms with Crippen LogP contribution in [0.3, 0.4) is 0 Å². The van der Waals surface area contributed by atoms with E-state index >= 15 is 0 Å². The third kappa shape index (κ3) is 7.19. The van der Waals surface area contributed by atoms with Gasteiger partial charge < -0.3 is 14.2 Å². The molecule has 1 saturated heterocycles. The second-order valence-corrected chi connectivity index (χ2v) is 14.3. The predicted octanol–water partition coefficient (Wildman–Crippen LogP) is 6.07. The number of carbonyl (C=O) groups is 2. The van der Waals surface area contributed by atoms with E-state index in [0.29, 0.717) is 91.3 Å². The zero-order valence-electron chi connectivity index (χ0n) is 29.2. The molecule has 0 unspecified atom stereocenters. The Morgan fingerprint density at radius 2 is 1.68 bits per heavy atom. The summed E-state index contributed by atoms with van der Waals surface area (Å²) in [7, 11) is 0. The van der Waals surface area contributed by atoms with Crippen molar-refractivity contribution in [2.24, 2.45) is 0 Å². The second-order valence-electron chi connectivity index (χ2n) is 14.3. The summed E-state index contributed by atoms with van der Waals surface area (Å²) < 4.78 is 61.4. The summed E-state index contributed by atoms with van der Waals surface area (Å²) in [6.07, 6.45) is -2.79. The number of alkyl halides is 3. The van der Waals surface area contributed by atoms with Crippen LogP contribution in [0.1, 0.15) is 65.9 Å². The summed E-state index contributed by atoms with van der Waals surface area (Å²) in [6, 6.07) is 14.7. The molecule has 0 radical (unpaired) electrons. The van der Waals surface area contributed by atoms with Crippen molar-refractivity contribution in [3.8, 4) is 0 Å². The van der Waals surface area contributed by atoms with Crippen molar-refractivity contribution in [2.75, 3.05) is 37.6 Å². The normalized spacial score (nSPS) is 16.3. The molecule has 0 saturated carbocycles. The minimum atomic E-state index is -4.74. The maximum Gasteiger partial charge on any atom is 0.417 e. The van der Waals surface area contributed by atoms with Gasteiger partial charge in [-0.05, 0) is 75.0 Å². The van der Waals surface area contributed by atoms with Gasteiger partial charge in [0.1, 0.15) is 11.4 Å². The smallest absolute Gasteiger partial charge is 0.417 e. The van der Waals surface area contributed by atoms with Crippen molar-refractivity contribution >= 4 is 39.2 Å². The van der Waals surface area contributed by atoms with Gasteiger partial charge in [-0.3, -0.25) is 19.3 Å². The van der Waals surface area contributed by atoms with Crippen molar-refractivity contribution in [1.29, 1.82) is 0 Å². The number of nitrogens with one attached hydrogen (secondary N) is 1. The molecular weight excluding hydrogens is 694 g/mol. The summed E-state index contributed by atoms with van der Waals surface area (Å²) in [5.74, 6) is -1.24. The Balaban J connectivity index is 0.977. The fraction of sp³-hybridized carbons (Fsp3) is 0.359. The van der Waals surface area contributed by atoms with Gasteiger partial charge in [0.2, 0.25) is 5.91 Å². The van der Waals surface area contributed by atoms with Gasteiger partial charge in [0.15, 0.2) is 0 Å². The van der Waals surface area contributed by atoms with Gasteiger partial charge in [-0.25, -0.2) is 14.3 Å². The molecule has 53 heavy (non-hydrogen) atoms. The summed E-state index contributed by atoms with van der Waals surface area (Å²) in [6.45, 7) is 6.16. The minimum Gasteiger partial charge on any atom is -0.423 e. The second kappa shape index (κ2) is 13.9. The molecular formula is C39H37F4N5O5. The van der Waals surface area contributed by atoms with Crippen LogP contribution in [0.4, 0.5) is 23.2 Å². The SMILES string of the molecule is CC1(C)CCc2cc3c(C(F)(F)F)cc(=O)oc3cc2N1C(=O)CCCN1CCN(C(=O)c2cc(Cc3n[nH]c(=O)c4ccccc34)ccc2F)CC1. The van der Waals surface area contributed by atoms with E-state index in [4.69, 9.17) is 4.42 Å². The number of piperazine rings is 1. The number of hydrogen-bond donors (Lipinski definition) is 1. The van der Waals surface area contributed by atoms with E-state index in [1.165, 1.54) is 24.3 Å². The average Bonchev–Trinajstić information content (AvgIpc) is 3.12. The molecule has 276 valence electrons. The Morgan fingerprint density at radius 1 is 0.943 bits per heavy atom. The van der Waals surface area contributed by atoms with Gasteiger partial charge in [0.25, 0.3) is 11.5 Å². The average molecular weight is 732 g/mol. The number of benzene rings is 3. The van der Waals surface area contributed by atoms with Crippen molar-refractivity contribution in [1.82, 2.24) is 20.0 Å². The molecule has 2 aliphatic rings. The number of anilines is 1. The van der Waals surface area contributed by atoms with Crippen LogP contribution in [-0.2, 0) is 23.8 Å². The lowest BCUT2D eigenvalue weighted by molar-refractivity contribution is -0.136. The number of nitrogens with zero attached hydrogens (tertiary/aromatic N) is 4. The molecule has 1 fully saturated rings. The molecule has 0 spiro atoms. The van der Waals surface area contributed by atoms with Gasteiger partial charge in [-0.1, -0.05) is 24.3 Å². The minimum absolute atomic E-state index is 0.0404. The first-order valence-corrected chi connectivity index (χ1v) is 17.5. The van der Waals surface area contributed by atoms with Crippen molar-refractivity contribution in [3.05, 3.63) is 115 Å². The zero-order chi connectivity index (χ0) is 37.7. The number of aromatic amines is 1. The van der Waals surface area contributed by atoms with Crippen molar-refractivity contribution in [2.45, 2.75) is 57.7 Å². The van der Waals surface area contributed by atoms with Crippen LogP contribution in [0.5, 0.6) is 0 Å². The Bertz CT molecular complexity index is 2360. The standard InChI is InChI=1S/C39H37F4N5O5/c1-38(2)12-11-24-20-27-29(39(41,42)43)21-35(50)53-33(27)22-32(24)48(38)34(49)8-5-13-46-14-16-47(17-15-46)37(52)28-18-23(9-10-30(28)40)19-31-25-6-3-4-7-26(25)36(51)45-44-31/h3-4,6-7,9-10,18,20-22H,5,8,11-17,19H2,1-2H3,(H,45,51). The summed E-state index contributed by atoms with van der Waals surface area (Å²) in [4.78, 5) is 56.8. The first kappa shape index (κ1) is 36.0. The highest BCUT2D eigenvalue weighted by molar-refractivity contribution is 5.99. The molecule has 3 aromatic carbocycles. The van der Waals surface area contributed by atoms with E-state index in [1.54, 1.807) is 34.1 Å². The summed E-state index contributed by atoms with van der Waals surface area (Å²) in [5.41, 5.74) is -1.08. The number of rotatable bonds is 7. The van der Waals surface area contributed by atoms with Crippen molar-refractivity contribution < 1.29 is 31.6 Å². The molecule has 4 heterocycles. The van der Waals surface area contributed by atoms with E-state index in [9.17, 15) is 36.7 Å². The number of aromatic nitrogens is 2. The van der Waals surface area contributed by atoms with E-state index in [0.717, 1.165) is 0 Å². The van der Waals surface area contributed by atoms with Crippen LogP contribution in [0.25, 0.3) is 21.7 Å². The Kier molecular flexibility index (Phi) is 9.43. The molecule has 2 amide bonds. The lowest BCUT2D eigenvalue weighted by atomic mass is 9.85. The molecule has 0 bridgehead atoms. The number of halogens is 4. The quantitative estimate of drug-likeness (QED) is 0.159. The number of amides is 2. The molecule has 7 rings (SSSR count). The summed E-state index contributed by atoms with van der Waals surface area (Å²) >= 11 is 0. The Labute approximate surface area is 301 Å². The number of hydrogen-bond acceptors (Lipinski definition) is 7. The van der Waals surface area contributed by atoms with Gasteiger partial charge >= 0.3 is 11.8 Å². The number of fused-ring (bicyclic) bond motifs is 3. The first-order valence-electron chi connectivity index (χ1n) is 17.5. The lowest BCUT2D eigenvalue weighted by Crippen LogP contribution is -2.51. The Hall–Kier alpha value is -5.37. The largest absolute Gasteiger partial charge is 0.423 e. The maximum absolute atomic E-state index is 15.0. The fourth-order valence-electron chi connectivity index (χ4n) is 7.49.